The van der Waals surface area contributed by atoms with Gasteiger partial charge in [-0.05, 0) is 35.4 Å². The van der Waals surface area contributed by atoms with Gasteiger partial charge in [-0.2, -0.15) is 13.2 Å². The summed E-state index contributed by atoms with van der Waals surface area (Å²) in [4.78, 5) is 32.1. The number of carbonyl (C=O) groups excluding carboxylic acids is 1. The van der Waals surface area contributed by atoms with Gasteiger partial charge < -0.3 is 10.3 Å². The highest BCUT2D eigenvalue weighted by atomic mass is 35.5. The molecule has 0 fully saturated rings. The number of hydrogen-bond donors (Lipinski definition) is 2. The molecule has 0 saturated carbocycles. The predicted molar refractivity (Wildman–Crippen MR) is 112 cm³/mol. The highest BCUT2D eigenvalue weighted by Crippen LogP contribution is 2.36. The molecule has 1 aliphatic heterocycles. The van der Waals surface area contributed by atoms with Gasteiger partial charge in [0.1, 0.15) is 5.82 Å². The Hall–Kier alpha value is -2.78. The minimum absolute atomic E-state index is 0.0574. The number of nitrogens with zero attached hydrogens (tertiary/aromatic N) is 1. The Bertz CT molecular complexity index is 1200. The number of alkyl halides is 3. The van der Waals surface area contributed by atoms with E-state index in [1.165, 1.54) is 23.9 Å². The van der Waals surface area contributed by atoms with Gasteiger partial charge >= 0.3 is 6.18 Å². The molecule has 31 heavy (non-hydrogen) atoms. The van der Waals surface area contributed by atoms with Crippen LogP contribution in [0.15, 0.2) is 58.5 Å². The fourth-order valence-corrected chi connectivity index (χ4v) is 4.40. The van der Waals surface area contributed by atoms with Gasteiger partial charge in [-0.3, -0.25) is 9.59 Å². The van der Waals surface area contributed by atoms with E-state index in [-0.39, 0.29) is 23.7 Å². The van der Waals surface area contributed by atoms with Crippen molar-refractivity contribution in [3.05, 3.63) is 86.2 Å². The van der Waals surface area contributed by atoms with Crippen LogP contribution in [0.2, 0.25) is 5.02 Å². The molecule has 1 unspecified atom stereocenters. The van der Waals surface area contributed by atoms with E-state index in [1.807, 2.05) is 12.1 Å². The van der Waals surface area contributed by atoms with Crippen LogP contribution in [0.5, 0.6) is 0 Å². The predicted octanol–water partition coefficient (Wildman–Crippen LogP) is 5.21. The second kappa shape index (κ2) is 8.39. The third-order valence-corrected chi connectivity index (χ3v) is 6.01. The summed E-state index contributed by atoms with van der Waals surface area (Å²) in [5.41, 5.74) is 0.367. The van der Waals surface area contributed by atoms with Crippen molar-refractivity contribution in [3.8, 4) is 0 Å². The minimum Gasteiger partial charge on any atom is -0.310 e. The fraction of sp³-hybridized carbons (Fsp3) is 0.190. The summed E-state index contributed by atoms with van der Waals surface area (Å²) in [5, 5.41) is 3.51. The Morgan fingerprint density at radius 2 is 1.87 bits per heavy atom. The summed E-state index contributed by atoms with van der Waals surface area (Å²) in [6, 6.07) is 11.7. The van der Waals surface area contributed by atoms with Gasteiger partial charge in [-0.15, -0.1) is 0 Å². The third kappa shape index (κ3) is 4.77. The van der Waals surface area contributed by atoms with Crippen molar-refractivity contribution in [2.24, 2.45) is 0 Å². The molecule has 1 amide bonds. The zero-order valence-corrected chi connectivity index (χ0v) is 17.4. The Balaban J connectivity index is 1.63. The molecule has 0 radical (unpaired) electrons. The van der Waals surface area contributed by atoms with Gasteiger partial charge in [0.15, 0.2) is 5.16 Å². The Morgan fingerprint density at radius 1 is 1.13 bits per heavy atom. The average molecular weight is 466 g/mol. The first-order valence-corrected chi connectivity index (χ1v) is 10.6. The number of halogens is 4. The number of benzene rings is 2. The fourth-order valence-electron chi connectivity index (χ4n) is 3.39. The highest BCUT2D eigenvalue weighted by Gasteiger charge is 2.33. The SMILES string of the molecule is O=C1CC(c2ccc(C(F)(F)F)cc2)c2c(nc(SCc3cccc(Cl)c3)[nH]c2=O)N1. The van der Waals surface area contributed by atoms with Crippen molar-refractivity contribution in [3.63, 3.8) is 0 Å². The molecule has 4 rings (SSSR count). The molecule has 2 aromatic carbocycles. The maximum Gasteiger partial charge on any atom is 0.416 e. The van der Waals surface area contributed by atoms with Gasteiger partial charge in [0.25, 0.3) is 5.56 Å². The summed E-state index contributed by atoms with van der Waals surface area (Å²) >= 11 is 7.25. The van der Waals surface area contributed by atoms with E-state index in [9.17, 15) is 22.8 Å². The molecule has 0 aliphatic carbocycles. The molecule has 160 valence electrons. The Labute approximate surface area is 184 Å². The van der Waals surface area contributed by atoms with Crippen molar-refractivity contribution in [1.82, 2.24) is 9.97 Å². The zero-order chi connectivity index (χ0) is 22.2. The molecule has 0 saturated heterocycles. The topological polar surface area (TPSA) is 74.8 Å². The van der Waals surface area contributed by atoms with E-state index >= 15 is 0 Å². The van der Waals surface area contributed by atoms with Crippen molar-refractivity contribution in [2.75, 3.05) is 5.32 Å². The van der Waals surface area contributed by atoms with Crippen LogP contribution in [0.4, 0.5) is 19.0 Å². The largest absolute Gasteiger partial charge is 0.416 e. The van der Waals surface area contributed by atoms with Crippen molar-refractivity contribution in [1.29, 1.82) is 0 Å². The van der Waals surface area contributed by atoms with Crippen molar-refractivity contribution in [2.45, 2.75) is 29.4 Å². The summed E-state index contributed by atoms with van der Waals surface area (Å²) in [6.45, 7) is 0. The molecule has 2 heterocycles. The lowest BCUT2D eigenvalue weighted by Gasteiger charge is -2.24. The molecule has 0 spiro atoms. The number of aromatic amines is 1. The number of H-pyrrole nitrogens is 1. The summed E-state index contributed by atoms with van der Waals surface area (Å²) in [5.74, 6) is -0.424. The van der Waals surface area contributed by atoms with E-state index in [4.69, 9.17) is 11.6 Å². The number of rotatable bonds is 4. The van der Waals surface area contributed by atoms with Crippen LogP contribution < -0.4 is 10.9 Å². The van der Waals surface area contributed by atoms with Crippen molar-refractivity contribution >= 4 is 35.1 Å². The lowest BCUT2D eigenvalue weighted by atomic mass is 9.86. The van der Waals surface area contributed by atoms with E-state index in [0.717, 1.165) is 17.7 Å². The van der Waals surface area contributed by atoms with Crippen LogP contribution in [-0.4, -0.2) is 15.9 Å². The molecule has 1 atom stereocenters. The van der Waals surface area contributed by atoms with Gasteiger partial charge in [0.05, 0.1) is 11.1 Å². The Kier molecular flexibility index (Phi) is 5.81. The average Bonchev–Trinajstić information content (AvgIpc) is 2.71. The lowest BCUT2D eigenvalue weighted by molar-refractivity contribution is -0.137. The molecular weight excluding hydrogens is 451 g/mol. The first-order valence-electron chi connectivity index (χ1n) is 9.19. The van der Waals surface area contributed by atoms with Crippen LogP contribution in [0.1, 0.15) is 34.6 Å². The normalized spacial score (nSPS) is 16.0. The zero-order valence-electron chi connectivity index (χ0n) is 15.8. The van der Waals surface area contributed by atoms with Crippen LogP contribution in [0, 0.1) is 0 Å². The molecule has 2 N–H and O–H groups in total. The summed E-state index contributed by atoms with van der Waals surface area (Å²) in [7, 11) is 0. The molecule has 1 aliphatic rings. The van der Waals surface area contributed by atoms with Crippen LogP contribution in [0.3, 0.4) is 0 Å². The number of nitrogens with one attached hydrogen (secondary N) is 2. The highest BCUT2D eigenvalue weighted by molar-refractivity contribution is 7.98. The standard InChI is InChI=1S/C21H15ClF3N3O2S/c22-14-3-1-2-11(8-14)10-31-20-27-18-17(19(30)28-20)15(9-16(29)26-18)12-4-6-13(7-5-12)21(23,24)25/h1-8,15H,9-10H2,(H2,26,27,28,29,30). The molecule has 1 aromatic heterocycles. The maximum absolute atomic E-state index is 12.8. The first kappa shape index (κ1) is 21.5. The molecular formula is C21H15ClF3N3O2S. The third-order valence-electron chi connectivity index (χ3n) is 4.83. The monoisotopic (exact) mass is 465 g/mol. The molecule has 0 bridgehead atoms. The second-order valence-electron chi connectivity index (χ2n) is 6.98. The number of aromatic nitrogens is 2. The van der Waals surface area contributed by atoms with Gasteiger partial charge in [0, 0.05) is 23.1 Å². The lowest BCUT2D eigenvalue weighted by Crippen LogP contribution is -2.31. The summed E-state index contributed by atoms with van der Waals surface area (Å²) < 4.78 is 38.5. The minimum atomic E-state index is -4.46. The van der Waals surface area contributed by atoms with Crippen LogP contribution >= 0.6 is 23.4 Å². The van der Waals surface area contributed by atoms with E-state index in [1.54, 1.807) is 12.1 Å². The van der Waals surface area contributed by atoms with Crippen LogP contribution in [0.25, 0.3) is 0 Å². The Morgan fingerprint density at radius 3 is 2.55 bits per heavy atom. The van der Waals surface area contributed by atoms with E-state index in [0.29, 0.717) is 21.5 Å². The first-order chi connectivity index (χ1) is 14.7. The quantitative estimate of drug-likeness (QED) is 0.410. The van der Waals surface area contributed by atoms with Crippen molar-refractivity contribution < 1.29 is 18.0 Å². The smallest absolute Gasteiger partial charge is 0.310 e. The van der Waals surface area contributed by atoms with E-state index < -0.39 is 23.2 Å². The molecule has 10 heteroatoms. The number of hydrogen-bond acceptors (Lipinski definition) is 4. The van der Waals surface area contributed by atoms with Gasteiger partial charge in [-0.25, -0.2) is 4.98 Å². The molecule has 5 nitrogen and oxygen atoms in total. The van der Waals surface area contributed by atoms with Crippen LogP contribution in [-0.2, 0) is 16.7 Å². The van der Waals surface area contributed by atoms with Gasteiger partial charge in [-0.1, -0.05) is 47.6 Å². The van der Waals surface area contributed by atoms with Gasteiger partial charge in [0.2, 0.25) is 5.91 Å². The second-order valence-corrected chi connectivity index (χ2v) is 8.38. The number of amides is 1. The summed E-state index contributed by atoms with van der Waals surface area (Å²) in [6.07, 6.45) is -4.52. The number of anilines is 1. The molecule has 3 aromatic rings. The number of carbonyl (C=O) groups is 1. The number of thioether (sulfide) groups is 1. The maximum atomic E-state index is 12.8. The number of fused-ring (bicyclic) bond motifs is 1. The van der Waals surface area contributed by atoms with E-state index in [2.05, 4.69) is 15.3 Å².